The van der Waals surface area contributed by atoms with Gasteiger partial charge in [-0.05, 0) is 42.9 Å². The van der Waals surface area contributed by atoms with E-state index in [1.54, 1.807) is 28.2 Å². The Balaban J connectivity index is 1.55. The van der Waals surface area contributed by atoms with E-state index in [2.05, 4.69) is 23.8 Å². The van der Waals surface area contributed by atoms with Gasteiger partial charge < -0.3 is 5.32 Å². The fourth-order valence-corrected chi connectivity index (χ4v) is 5.94. The Morgan fingerprint density at radius 3 is 3.10 bits per heavy atom. The van der Waals surface area contributed by atoms with Crippen molar-refractivity contribution in [1.29, 1.82) is 0 Å². The number of pyridine rings is 1. The van der Waals surface area contributed by atoms with Gasteiger partial charge in [0.05, 0.1) is 23.4 Å². The summed E-state index contributed by atoms with van der Waals surface area (Å²) in [5.74, 6) is 0.700. The molecule has 0 aliphatic heterocycles. The lowest BCUT2D eigenvalue weighted by Crippen LogP contribution is -2.27. The molecule has 4 rings (SSSR count). The second-order valence-electron chi connectivity index (χ2n) is 7.52. The van der Waals surface area contributed by atoms with Crippen LogP contribution in [-0.2, 0) is 30.7 Å². The number of rotatable bonds is 7. The van der Waals surface area contributed by atoms with Crippen molar-refractivity contribution in [1.82, 2.24) is 19.9 Å². The summed E-state index contributed by atoms with van der Waals surface area (Å²) in [6.45, 7) is 6.79. The number of nitrogens with zero attached hydrogens (tertiary/aromatic N) is 3. The third kappa shape index (κ3) is 4.34. The van der Waals surface area contributed by atoms with Gasteiger partial charge in [0.2, 0.25) is 5.91 Å². The molecule has 8 heteroatoms. The molecule has 0 fully saturated rings. The van der Waals surface area contributed by atoms with Crippen molar-refractivity contribution in [2.45, 2.75) is 44.4 Å². The molecule has 1 aliphatic carbocycles. The first-order valence-corrected chi connectivity index (χ1v) is 11.8. The minimum absolute atomic E-state index is 0.0247. The predicted octanol–water partition coefficient (Wildman–Crippen LogP) is 3.57. The van der Waals surface area contributed by atoms with Crippen LogP contribution in [0.5, 0.6) is 0 Å². The molecular formula is C22H24N4O2S2. The van der Waals surface area contributed by atoms with E-state index in [9.17, 15) is 9.59 Å². The zero-order valence-electron chi connectivity index (χ0n) is 16.9. The van der Waals surface area contributed by atoms with Crippen molar-refractivity contribution >= 4 is 39.2 Å². The van der Waals surface area contributed by atoms with Crippen LogP contribution in [0.3, 0.4) is 0 Å². The van der Waals surface area contributed by atoms with E-state index < -0.39 is 0 Å². The SMILES string of the molecule is C=CCn1c(SCC(=O)NCc2ccccn2)nc2sc3c(c2c1=O)CCC(C)C3. The van der Waals surface area contributed by atoms with E-state index in [0.717, 1.165) is 35.2 Å². The minimum atomic E-state index is -0.121. The molecule has 3 aromatic rings. The summed E-state index contributed by atoms with van der Waals surface area (Å²) >= 11 is 2.91. The van der Waals surface area contributed by atoms with Crippen LogP contribution < -0.4 is 10.9 Å². The second kappa shape index (κ2) is 9.14. The highest BCUT2D eigenvalue weighted by Gasteiger charge is 2.24. The molecule has 6 nitrogen and oxygen atoms in total. The number of carbonyl (C=O) groups is 1. The van der Waals surface area contributed by atoms with E-state index in [0.29, 0.717) is 24.2 Å². The Morgan fingerprint density at radius 1 is 1.47 bits per heavy atom. The highest BCUT2D eigenvalue weighted by molar-refractivity contribution is 7.99. The molecule has 0 bridgehead atoms. The van der Waals surface area contributed by atoms with E-state index in [1.165, 1.54) is 22.2 Å². The van der Waals surface area contributed by atoms with Crippen LogP contribution in [0.1, 0.15) is 29.5 Å². The number of carbonyl (C=O) groups excluding carboxylic acids is 1. The zero-order chi connectivity index (χ0) is 21.1. The fraction of sp³-hybridized carbons (Fsp3) is 0.364. The number of allylic oxidation sites excluding steroid dienone is 1. The van der Waals surface area contributed by atoms with Crippen molar-refractivity contribution in [3.63, 3.8) is 0 Å². The van der Waals surface area contributed by atoms with Crippen molar-refractivity contribution < 1.29 is 4.79 Å². The molecule has 0 saturated heterocycles. The van der Waals surface area contributed by atoms with Gasteiger partial charge in [-0.2, -0.15) is 0 Å². The number of aryl methyl sites for hydroxylation is 1. The average molecular weight is 441 g/mol. The first-order valence-electron chi connectivity index (χ1n) is 10.0. The fourth-order valence-electron chi connectivity index (χ4n) is 3.68. The van der Waals surface area contributed by atoms with Crippen molar-refractivity contribution in [3.8, 4) is 0 Å². The van der Waals surface area contributed by atoms with Gasteiger partial charge in [0.1, 0.15) is 4.83 Å². The van der Waals surface area contributed by atoms with E-state index in [4.69, 9.17) is 4.98 Å². The lowest BCUT2D eigenvalue weighted by atomic mass is 9.89. The monoisotopic (exact) mass is 440 g/mol. The molecule has 1 atom stereocenters. The van der Waals surface area contributed by atoms with Gasteiger partial charge in [-0.3, -0.25) is 19.1 Å². The van der Waals surface area contributed by atoms with Crippen LogP contribution in [0.25, 0.3) is 10.2 Å². The van der Waals surface area contributed by atoms with Crippen LogP contribution in [0.4, 0.5) is 0 Å². The molecule has 1 unspecified atom stereocenters. The highest BCUT2D eigenvalue weighted by Crippen LogP contribution is 2.36. The van der Waals surface area contributed by atoms with Crippen LogP contribution >= 0.6 is 23.1 Å². The number of nitrogens with one attached hydrogen (secondary N) is 1. The third-order valence-electron chi connectivity index (χ3n) is 5.22. The second-order valence-corrected chi connectivity index (χ2v) is 9.54. The van der Waals surface area contributed by atoms with Gasteiger partial charge in [-0.1, -0.05) is 30.8 Å². The maximum absolute atomic E-state index is 13.3. The minimum Gasteiger partial charge on any atom is -0.350 e. The Labute approximate surface area is 183 Å². The van der Waals surface area contributed by atoms with E-state index in [1.807, 2.05) is 18.2 Å². The van der Waals surface area contributed by atoms with Crippen molar-refractivity contribution in [2.75, 3.05) is 5.75 Å². The molecule has 0 saturated carbocycles. The molecule has 0 spiro atoms. The van der Waals surface area contributed by atoms with Crippen LogP contribution in [0, 0.1) is 5.92 Å². The van der Waals surface area contributed by atoms with Gasteiger partial charge in [-0.25, -0.2) is 4.98 Å². The zero-order valence-corrected chi connectivity index (χ0v) is 18.5. The number of aromatic nitrogens is 3. The van der Waals surface area contributed by atoms with Crippen LogP contribution in [0.2, 0.25) is 0 Å². The molecule has 1 amide bonds. The molecule has 3 aromatic heterocycles. The number of fused-ring (bicyclic) bond motifs is 3. The van der Waals surface area contributed by atoms with Gasteiger partial charge >= 0.3 is 0 Å². The summed E-state index contributed by atoms with van der Waals surface area (Å²) in [6.07, 6.45) is 6.44. The average Bonchev–Trinajstić information content (AvgIpc) is 3.11. The summed E-state index contributed by atoms with van der Waals surface area (Å²) in [6, 6.07) is 5.59. The molecule has 0 radical (unpaired) electrons. The molecule has 1 aliphatic rings. The van der Waals surface area contributed by atoms with E-state index in [-0.39, 0.29) is 17.2 Å². The summed E-state index contributed by atoms with van der Waals surface area (Å²) in [4.78, 5) is 36.6. The number of hydrogen-bond acceptors (Lipinski definition) is 6. The quantitative estimate of drug-likeness (QED) is 0.345. The Hall–Kier alpha value is -2.45. The summed E-state index contributed by atoms with van der Waals surface area (Å²) in [7, 11) is 0. The Morgan fingerprint density at radius 2 is 2.33 bits per heavy atom. The van der Waals surface area contributed by atoms with E-state index >= 15 is 0 Å². The van der Waals surface area contributed by atoms with Crippen LogP contribution in [-0.4, -0.2) is 26.2 Å². The lowest BCUT2D eigenvalue weighted by Gasteiger charge is -2.17. The topological polar surface area (TPSA) is 76.9 Å². The number of amides is 1. The molecule has 156 valence electrons. The predicted molar refractivity (Wildman–Crippen MR) is 122 cm³/mol. The number of thiophene rings is 1. The number of thioether (sulfide) groups is 1. The first-order chi connectivity index (χ1) is 14.6. The summed E-state index contributed by atoms with van der Waals surface area (Å²) < 4.78 is 1.64. The van der Waals surface area contributed by atoms with Gasteiger partial charge in [0.15, 0.2) is 5.16 Å². The highest BCUT2D eigenvalue weighted by atomic mass is 32.2. The molecular weight excluding hydrogens is 416 g/mol. The summed E-state index contributed by atoms with van der Waals surface area (Å²) in [5.41, 5.74) is 1.95. The molecule has 1 N–H and O–H groups in total. The Kier molecular flexibility index (Phi) is 6.34. The number of hydrogen-bond donors (Lipinski definition) is 1. The molecule has 30 heavy (non-hydrogen) atoms. The van der Waals surface area contributed by atoms with Gasteiger partial charge in [-0.15, -0.1) is 17.9 Å². The molecule has 3 heterocycles. The smallest absolute Gasteiger partial charge is 0.263 e. The molecule has 0 aromatic carbocycles. The van der Waals surface area contributed by atoms with Crippen LogP contribution in [0.15, 0.2) is 47.0 Å². The maximum atomic E-state index is 13.3. The van der Waals surface area contributed by atoms with Gasteiger partial charge in [0, 0.05) is 17.6 Å². The first kappa shape index (κ1) is 20.8. The van der Waals surface area contributed by atoms with Gasteiger partial charge in [0.25, 0.3) is 5.56 Å². The lowest BCUT2D eigenvalue weighted by molar-refractivity contribution is -0.118. The van der Waals surface area contributed by atoms with Crippen molar-refractivity contribution in [3.05, 3.63) is 63.5 Å². The standard InChI is InChI=1S/C22H24N4O2S2/c1-3-10-26-21(28)19-16-8-7-14(2)11-17(16)30-20(19)25-22(26)29-13-18(27)24-12-15-6-4-5-9-23-15/h3-6,9,14H,1,7-8,10-13H2,2H3,(H,24,27). The Bertz CT molecular complexity index is 1140. The van der Waals surface area contributed by atoms with Crippen molar-refractivity contribution in [2.24, 2.45) is 5.92 Å². The largest absolute Gasteiger partial charge is 0.350 e. The normalized spacial score (nSPS) is 15.7. The maximum Gasteiger partial charge on any atom is 0.263 e. The summed E-state index contributed by atoms with van der Waals surface area (Å²) in [5, 5.41) is 4.18. The third-order valence-corrected chi connectivity index (χ3v) is 7.34.